The van der Waals surface area contributed by atoms with Gasteiger partial charge in [0.25, 0.3) is 0 Å². The maximum Gasteiger partial charge on any atom is 0.157 e. The topological polar surface area (TPSA) is 17.1 Å². The Labute approximate surface area is 107 Å². The predicted octanol–water partition coefficient (Wildman–Crippen LogP) is 4.62. The second-order valence-electron chi connectivity index (χ2n) is 7.24. The van der Waals surface area contributed by atoms with Crippen LogP contribution < -0.4 is 0 Å². The van der Waals surface area contributed by atoms with Crippen molar-refractivity contribution in [3.8, 4) is 0 Å². The van der Waals surface area contributed by atoms with Crippen LogP contribution in [0.25, 0.3) is 0 Å². The second kappa shape index (κ2) is 4.96. The third-order valence-corrected chi connectivity index (χ3v) is 4.75. The molecular formula is C16H28O. The van der Waals surface area contributed by atoms with E-state index in [9.17, 15) is 4.79 Å². The van der Waals surface area contributed by atoms with Gasteiger partial charge in [-0.3, -0.25) is 4.79 Å². The van der Waals surface area contributed by atoms with Crippen molar-refractivity contribution in [1.29, 1.82) is 0 Å². The van der Waals surface area contributed by atoms with Gasteiger partial charge >= 0.3 is 0 Å². The molecule has 0 spiro atoms. The quantitative estimate of drug-likeness (QED) is 0.651. The van der Waals surface area contributed by atoms with E-state index in [2.05, 4.69) is 33.8 Å². The predicted molar refractivity (Wildman–Crippen MR) is 73.9 cm³/mol. The highest BCUT2D eigenvalue weighted by molar-refractivity contribution is 5.91. The summed E-state index contributed by atoms with van der Waals surface area (Å²) in [6.07, 6.45) is 7.49. The van der Waals surface area contributed by atoms with Crippen LogP contribution in [0.4, 0.5) is 0 Å². The fourth-order valence-corrected chi connectivity index (χ4v) is 2.80. The van der Waals surface area contributed by atoms with Crippen molar-refractivity contribution in [2.75, 3.05) is 0 Å². The van der Waals surface area contributed by atoms with E-state index in [1.165, 1.54) is 12.8 Å². The fraction of sp³-hybridized carbons (Fsp3) is 0.812. The van der Waals surface area contributed by atoms with Crippen LogP contribution in [0.3, 0.4) is 0 Å². The smallest absolute Gasteiger partial charge is 0.157 e. The molecule has 0 saturated heterocycles. The molecule has 1 fully saturated rings. The van der Waals surface area contributed by atoms with E-state index in [1.807, 2.05) is 13.8 Å². The van der Waals surface area contributed by atoms with Gasteiger partial charge in [-0.05, 0) is 42.1 Å². The van der Waals surface area contributed by atoms with Gasteiger partial charge in [-0.25, -0.2) is 0 Å². The normalized spacial score (nSPS) is 23.7. The first-order valence-electron chi connectivity index (χ1n) is 6.86. The molecule has 0 atom stereocenters. The number of carbonyl (C=O) groups is 1. The maximum absolute atomic E-state index is 11.5. The first-order chi connectivity index (χ1) is 7.66. The zero-order valence-corrected chi connectivity index (χ0v) is 12.3. The molecule has 0 radical (unpaired) electrons. The van der Waals surface area contributed by atoms with E-state index in [4.69, 9.17) is 0 Å². The number of ketones is 1. The Morgan fingerprint density at radius 3 is 2.06 bits per heavy atom. The van der Waals surface area contributed by atoms with Crippen LogP contribution in [-0.4, -0.2) is 5.78 Å². The van der Waals surface area contributed by atoms with Gasteiger partial charge in [0.1, 0.15) is 0 Å². The summed E-state index contributed by atoms with van der Waals surface area (Å²) in [6, 6.07) is 0. The van der Waals surface area contributed by atoms with Gasteiger partial charge in [0, 0.05) is 5.92 Å². The van der Waals surface area contributed by atoms with E-state index in [-0.39, 0.29) is 11.7 Å². The first kappa shape index (κ1) is 14.5. The van der Waals surface area contributed by atoms with Crippen molar-refractivity contribution in [2.24, 2.45) is 22.7 Å². The minimum atomic E-state index is 0.128. The van der Waals surface area contributed by atoms with Crippen molar-refractivity contribution >= 4 is 5.78 Å². The zero-order valence-electron chi connectivity index (χ0n) is 12.3. The molecule has 1 nitrogen and oxygen atoms in total. The molecule has 1 aliphatic carbocycles. The molecular weight excluding hydrogens is 208 g/mol. The maximum atomic E-state index is 11.5. The molecule has 0 aromatic rings. The number of rotatable bonds is 4. The molecule has 0 amide bonds. The van der Waals surface area contributed by atoms with Crippen LogP contribution in [0.15, 0.2) is 12.2 Å². The average molecular weight is 236 g/mol. The van der Waals surface area contributed by atoms with E-state index in [0.29, 0.717) is 10.8 Å². The van der Waals surface area contributed by atoms with Crippen LogP contribution in [0, 0.1) is 22.7 Å². The van der Waals surface area contributed by atoms with E-state index in [1.54, 1.807) is 6.08 Å². The van der Waals surface area contributed by atoms with Crippen molar-refractivity contribution < 1.29 is 4.79 Å². The van der Waals surface area contributed by atoms with Crippen LogP contribution >= 0.6 is 0 Å². The Bertz CT molecular complexity index is 291. The molecule has 98 valence electrons. The number of hydrogen-bond donors (Lipinski definition) is 0. The van der Waals surface area contributed by atoms with E-state index >= 15 is 0 Å². The molecule has 1 heteroatoms. The molecule has 0 aromatic carbocycles. The van der Waals surface area contributed by atoms with Gasteiger partial charge in [-0.15, -0.1) is 0 Å². The lowest BCUT2D eigenvalue weighted by atomic mass is 9.71. The van der Waals surface area contributed by atoms with Gasteiger partial charge in [0.2, 0.25) is 0 Å². The summed E-state index contributed by atoms with van der Waals surface area (Å²) in [4.78, 5) is 11.5. The van der Waals surface area contributed by atoms with Crippen molar-refractivity contribution in [2.45, 2.75) is 60.8 Å². The molecule has 0 unspecified atom stereocenters. The van der Waals surface area contributed by atoms with Gasteiger partial charge in [0.05, 0.1) is 0 Å². The van der Waals surface area contributed by atoms with Gasteiger partial charge in [0.15, 0.2) is 5.78 Å². The molecule has 0 aliphatic heterocycles. The van der Waals surface area contributed by atoms with Crippen molar-refractivity contribution in [1.82, 2.24) is 0 Å². The molecule has 1 aliphatic rings. The average Bonchev–Trinajstić information content (AvgIpc) is 2.34. The van der Waals surface area contributed by atoms with Gasteiger partial charge < -0.3 is 0 Å². The van der Waals surface area contributed by atoms with Crippen molar-refractivity contribution in [3.63, 3.8) is 0 Å². The first-order valence-corrected chi connectivity index (χ1v) is 6.86. The monoisotopic (exact) mass is 236 g/mol. The summed E-state index contributed by atoms with van der Waals surface area (Å²) in [5.74, 6) is 1.13. The highest BCUT2D eigenvalue weighted by atomic mass is 16.1. The Kier molecular flexibility index (Phi) is 4.22. The summed E-state index contributed by atoms with van der Waals surface area (Å²) >= 11 is 0. The Hall–Kier alpha value is -0.590. The fourth-order valence-electron chi connectivity index (χ4n) is 2.80. The zero-order chi connectivity index (χ0) is 13.3. The summed E-state index contributed by atoms with van der Waals surface area (Å²) in [5.41, 5.74) is 0.848. The molecule has 0 bridgehead atoms. The summed E-state index contributed by atoms with van der Waals surface area (Å²) in [5, 5.41) is 0. The second-order valence-corrected chi connectivity index (χ2v) is 7.24. The van der Waals surface area contributed by atoms with E-state index in [0.717, 1.165) is 12.3 Å². The standard InChI is InChI=1S/C16H28O/c1-12(2)14(17)9-7-8-13-10-15(3,4)16(5,6)11-13/h7,9,12-13H,8,10-11H2,1-6H3/b9-7+. The third kappa shape index (κ3) is 3.43. The van der Waals surface area contributed by atoms with Crippen LogP contribution in [0.1, 0.15) is 60.8 Å². The largest absolute Gasteiger partial charge is 0.295 e. The van der Waals surface area contributed by atoms with Crippen LogP contribution in [-0.2, 0) is 4.79 Å². The summed E-state index contributed by atoms with van der Waals surface area (Å²) in [6.45, 7) is 13.4. The molecule has 0 heterocycles. The minimum absolute atomic E-state index is 0.128. The van der Waals surface area contributed by atoms with Crippen LogP contribution in [0.5, 0.6) is 0 Å². The Balaban J connectivity index is 2.49. The molecule has 0 N–H and O–H groups in total. The van der Waals surface area contributed by atoms with E-state index < -0.39 is 0 Å². The number of carbonyl (C=O) groups excluding carboxylic acids is 1. The van der Waals surface area contributed by atoms with Gasteiger partial charge in [-0.1, -0.05) is 47.6 Å². The van der Waals surface area contributed by atoms with Gasteiger partial charge in [-0.2, -0.15) is 0 Å². The Morgan fingerprint density at radius 2 is 1.65 bits per heavy atom. The highest BCUT2D eigenvalue weighted by Gasteiger charge is 2.45. The number of allylic oxidation sites excluding steroid dienone is 2. The Morgan fingerprint density at radius 1 is 1.18 bits per heavy atom. The van der Waals surface area contributed by atoms with Crippen molar-refractivity contribution in [3.05, 3.63) is 12.2 Å². The summed E-state index contributed by atoms with van der Waals surface area (Å²) in [7, 11) is 0. The molecule has 1 saturated carbocycles. The molecule has 0 aromatic heterocycles. The van der Waals surface area contributed by atoms with Crippen LogP contribution in [0.2, 0.25) is 0 Å². The lowest BCUT2D eigenvalue weighted by Gasteiger charge is -2.34. The SMILES string of the molecule is CC(C)C(=O)/C=C/CC1CC(C)(C)C(C)(C)C1. The minimum Gasteiger partial charge on any atom is -0.295 e. The highest BCUT2D eigenvalue weighted by Crippen LogP contribution is 2.55. The lowest BCUT2D eigenvalue weighted by molar-refractivity contribution is -0.117. The third-order valence-electron chi connectivity index (χ3n) is 4.75. The molecule has 1 rings (SSSR count). The molecule has 17 heavy (non-hydrogen) atoms. The number of hydrogen-bond acceptors (Lipinski definition) is 1. The summed E-state index contributed by atoms with van der Waals surface area (Å²) < 4.78 is 0. The lowest BCUT2D eigenvalue weighted by Crippen LogP contribution is -2.25.